The lowest BCUT2D eigenvalue weighted by atomic mass is 9.96. The molecule has 3 aromatic rings. The predicted molar refractivity (Wildman–Crippen MR) is 95.4 cm³/mol. The maximum Gasteiger partial charge on any atom is 0.252 e. The zero-order valence-corrected chi connectivity index (χ0v) is 15.1. The minimum Gasteiger partial charge on any atom is -0.386 e. The van der Waals surface area contributed by atoms with E-state index in [0.29, 0.717) is 16.5 Å². The molecule has 0 spiro atoms. The van der Waals surface area contributed by atoms with Crippen LogP contribution in [0.15, 0.2) is 36.5 Å². The van der Waals surface area contributed by atoms with Crippen LogP contribution >= 0.6 is 11.6 Å². The fourth-order valence-electron chi connectivity index (χ4n) is 3.10. The third-order valence-corrected chi connectivity index (χ3v) is 5.25. The fourth-order valence-corrected chi connectivity index (χ4v) is 3.40. The van der Waals surface area contributed by atoms with Crippen LogP contribution in [0.1, 0.15) is 31.7 Å². The molecule has 0 aliphatic heterocycles. The Balaban J connectivity index is 1.68. The van der Waals surface area contributed by atoms with Crippen molar-refractivity contribution in [2.24, 2.45) is 5.92 Å². The fraction of sp³-hybridized carbons (Fsp3) is 0.368. The van der Waals surface area contributed by atoms with Gasteiger partial charge in [0.25, 0.3) is 5.92 Å². The molecule has 1 unspecified atom stereocenters. The minimum atomic E-state index is -2.59. The number of alkyl halides is 2. The molecule has 1 atom stereocenters. The van der Waals surface area contributed by atoms with E-state index in [1.807, 2.05) is 30.3 Å². The highest BCUT2D eigenvalue weighted by Gasteiger charge is 2.56. The number of fused-ring (bicyclic) bond motifs is 1. The summed E-state index contributed by atoms with van der Waals surface area (Å²) in [5.41, 5.74) is 1.99. The minimum absolute atomic E-state index is 0.0959. The average molecular weight is 378 g/mol. The van der Waals surface area contributed by atoms with Gasteiger partial charge < -0.3 is 5.11 Å². The summed E-state index contributed by atoms with van der Waals surface area (Å²) in [7, 11) is 0. The van der Waals surface area contributed by atoms with Gasteiger partial charge in [0, 0.05) is 30.5 Å². The first kappa shape index (κ1) is 17.4. The Bertz CT molecular complexity index is 977. The third kappa shape index (κ3) is 2.97. The van der Waals surface area contributed by atoms with Crippen LogP contribution < -0.4 is 0 Å². The van der Waals surface area contributed by atoms with Gasteiger partial charge in [-0.3, -0.25) is 4.40 Å². The van der Waals surface area contributed by atoms with E-state index >= 15 is 0 Å². The molecule has 0 radical (unpaired) electrons. The van der Waals surface area contributed by atoms with Crippen molar-refractivity contribution in [3.05, 3.63) is 52.9 Å². The van der Waals surface area contributed by atoms with Gasteiger partial charge in [0.05, 0.1) is 10.6 Å². The molecule has 1 N–H and O–H groups in total. The summed E-state index contributed by atoms with van der Waals surface area (Å²) < 4.78 is 28.0. The number of halogens is 3. The Labute approximate surface area is 154 Å². The number of benzene rings is 1. The predicted octanol–water partition coefficient (Wildman–Crippen LogP) is 4.47. The summed E-state index contributed by atoms with van der Waals surface area (Å²) in [5, 5.41) is 18.6. The molecule has 1 aliphatic carbocycles. The molecule has 4 rings (SSSR count). The lowest BCUT2D eigenvalue weighted by Crippen LogP contribution is -2.14. The molecule has 1 aliphatic rings. The first-order valence-electron chi connectivity index (χ1n) is 8.40. The molecule has 0 bridgehead atoms. The first-order chi connectivity index (χ1) is 12.2. The summed E-state index contributed by atoms with van der Waals surface area (Å²) in [6, 6.07) is 9.28. The van der Waals surface area contributed by atoms with Crippen molar-refractivity contribution < 1.29 is 13.9 Å². The van der Waals surface area contributed by atoms with Crippen molar-refractivity contribution in [1.82, 2.24) is 14.6 Å². The number of aromatic nitrogens is 3. The Morgan fingerprint density at radius 2 is 1.88 bits per heavy atom. The van der Waals surface area contributed by atoms with E-state index in [9.17, 15) is 13.9 Å². The molecule has 4 nitrogen and oxygen atoms in total. The smallest absolute Gasteiger partial charge is 0.252 e. The Morgan fingerprint density at radius 3 is 2.46 bits per heavy atom. The van der Waals surface area contributed by atoms with Gasteiger partial charge in [0.15, 0.2) is 5.65 Å². The number of pyridine rings is 1. The molecule has 1 aromatic carbocycles. The second-order valence-corrected chi connectivity index (χ2v) is 7.73. The summed E-state index contributed by atoms with van der Waals surface area (Å²) in [4.78, 5) is 0. The van der Waals surface area contributed by atoms with Crippen LogP contribution in [0.5, 0.6) is 0 Å². The average Bonchev–Trinajstić information content (AvgIpc) is 2.98. The van der Waals surface area contributed by atoms with Gasteiger partial charge in [-0.2, -0.15) is 0 Å². The van der Waals surface area contributed by atoms with Crippen LogP contribution in [-0.4, -0.2) is 25.6 Å². The molecule has 26 heavy (non-hydrogen) atoms. The number of nitrogens with zero attached hydrogens (tertiary/aromatic N) is 3. The van der Waals surface area contributed by atoms with E-state index in [1.54, 1.807) is 24.4 Å². The molecule has 1 fully saturated rings. The van der Waals surface area contributed by atoms with E-state index in [0.717, 1.165) is 16.7 Å². The van der Waals surface area contributed by atoms with E-state index < -0.39 is 17.4 Å². The largest absolute Gasteiger partial charge is 0.386 e. The molecule has 2 aromatic heterocycles. The highest BCUT2D eigenvalue weighted by atomic mass is 35.5. The number of rotatable bonds is 4. The monoisotopic (exact) mass is 377 g/mol. The van der Waals surface area contributed by atoms with Gasteiger partial charge in [0.1, 0.15) is 5.82 Å². The Hall–Kier alpha value is -2.05. The topological polar surface area (TPSA) is 50.4 Å². The number of hydrogen-bond acceptors (Lipinski definition) is 3. The maximum absolute atomic E-state index is 13.2. The van der Waals surface area contributed by atoms with Crippen LogP contribution in [0.25, 0.3) is 16.8 Å². The summed E-state index contributed by atoms with van der Waals surface area (Å²) in [6.45, 7) is 3.45. The second-order valence-electron chi connectivity index (χ2n) is 7.36. The standard InChI is InChI=1S/C19H18ClF2N3O/c1-18(2,26)12-5-3-11(4-6-12)14-7-8-25-15(9-13-10-19(13,21)22)23-24-17(25)16(14)20/h3-8,13,26H,9-10H2,1-2H3. The first-order valence-corrected chi connectivity index (χ1v) is 8.78. The van der Waals surface area contributed by atoms with Gasteiger partial charge in [0.2, 0.25) is 0 Å². The Morgan fingerprint density at radius 1 is 1.23 bits per heavy atom. The summed E-state index contributed by atoms with van der Waals surface area (Å²) in [5.74, 6) is -2.76. The highest BCUT2D eigenvalue weighted by molar-refractivity contribution is 6.36. The molecule has 1 saturated carbocycles. The van der Waals surface area contributed by atoms with Crippen molar-refractivity contribution in [2.45, 2.75) is 38.2 Å². The Kier molecular flexibility index (Phi) is 3.82. The van der Waals surface area contributed by atoms with Crippen LogP contribution in [0.4, 0.5) is 8.78 Å². The van der Waals surface area contributed by atoms with Crippen molar-refractivity contribution in [1.29, 1.82) is 0 Å². The SMILES string of the molecule is CC(C)(O)c1ccc(-c2ccn3c(CC4CC4(F)F)nnc3c2Cl)cc1. The van der Waals surface area contributed by atoms with E-state index in [2.05, 4.69) is 10.2 Å². The summed E-state index contributed by atoms with van der Waals surface area (Å²) >= 11 is 6.51. The van der Waals surface area contributed by atoms with Gasteiger partial charge in [-0.15, -0.1) is 10.2 Å². The normalized spacial score (nSPS) is 19.1. The van der Waals surface area contributed by atoms with Crippen LogP contribution in [0.3, 0.4) is 0 Å². The number of aliphatic hydroxyl groups is 1. The van der Waals surface area contributed by atoms with Crippen molar-refractivity contribution >= 4 is 17.2 Å². The maximum atomic E-state index is 13.2. The van der Waals surface area contributed by atoms with Crippen LogP contribution in [-0.2, 0) is 12.0 Å². The molecular weight excluding hydrogens is 360 g/mol. The van der Waals surface area contributed by atoms with Gasteiger partial charge in [-0.1, -0.05) is 35.9 Å². The lowest BCUT2D eigenvalue weighted by Gasteiger charge is -2.18. The second kappa shape index (κ2) is 5.72. The number of hydrogen-bond donors (Lipinski definition) is 1. The van der Waals surface area contributed by atoms with Gasteiger partial charge in [-0.25, -0.2) is 8.78 Å². The third-order valence-electron chi connectivity index (χ3n) is 4.88. The molecule has 136 valence electrons. The zero-order valence-electron chi connectivity index (χ0n) is 14.4. The molecule has 7 heteroatoms. The van der Waals surface area contributed by atoms with E-state index in [-0.39, 0.29) is 12.8 Å². The lowest BCUT2D eigenvalue weighted by molar-refractivity contribution is 0.0786. The van der Waals surface area contributed by atoms with E-state index in [1.165, 1.54) is 0 Å². The van der Waals surface area contributed by atoms with Gasteiger partial charge in [-0.05, 0) is 31.0 Å². The van der Waals surface area contributed by atoms with Crippen molar-refractivity contribution in [3.63, 3.8) is 0 Å². The highest BCUT2D eigenvalue weighted by Crippen LogP contribution is 2.50. The van der Waals surface area contributed by atoms with Crippen LogP contribution in [0, 0.1) is 5.92 Å². The molecule has 0 saturated heterocycles. The summed E-state index contributed by atoms with van der Waals surface area (Å²) in [6.07, 6.45) is 1.85. The van der Waals surface area contributed by atoms with Gasteiger partial charge >= 0.3 is 0 Å². The molecular formula is C19H18ClF2N3O. The molecule has 0 amide bonds. The zero-order chi connectivity index (χ0) is 18.7. The molecule has 2 heterocycles. The van der Waals surface area contributed by atoms with E-state index in [4.69, 9.17) is 11.6 Å². The van der Waals surface area contributed by atoms with Crippen molar-refractivity contribution in [3.8, 4) is 11.1 Å². The quantitative estimate of drug-likeness (QED) is 0.729. The van der Waals surface area contributed by atoms with Crippen LogP contribution in [0.2, 0.25) is 5.02 Å². The van der Waals surface area contributed by atoms with Crippen molar-refractivity contribution in [2.75, 3.05) is 0 Å².